The molecule has 1 aromatic heterocycles. The molecule has 3 rings (SSSR count). The summed E-state index contributed by atoms with van der Waals surface area (Å²) in [6, 6.07) is 10.4. The minimum absolute atomic E-state index is 0.312. The number of Topliss-reactive ketones (excluding diaryl/α,β-unsaturated/α-hetero) is 1. The predicted molar refractivity (Wildman–Crippen MR) is 65.6 cm³/mol. The van der Waals surface area contributed by atoms with Gasteiger partial charge in [0.25, 0.3) is 0 Å². The van der Waals surface area contributed by atoms with Crippen LogP contribution in [0.2, 0.25) is 0 Å². The van der Waals surface area contributed by atoms with Gasteiger partial charge in [-0.3, -0.25) is 4.79 Å². The number of aromatic nitrogens is 2. The molecule has 0 saturated heterocycles. The van der Waals surface area contributed by atoms with Crippen LogP contribution in [0.1, 0.15) is 25.3 Å². The summed E-state index contributed by atoms with van der Waals surface area (Å²) in [4.78, 5) is 15.7. The molecule has 1 aromatic carbocycles. The number of nitrogens with zero attached hydrogens (tertiary/aromatic N) is 2. The molecule has 3 heteroatoms. The van der Waals surface area contributed by atoms with Crippen molar-refractivity contribution in [2.75, 3.05) is 0 Å². The molecule has 0 radical (unpaired) electrons. The van der Waals surface area contributed by atoms with Crippen LogP contribution in [0.4, 0.5) is 0 Å². The van der Waals surface area contributed by atoms with Crippen LogP contribution >= 0.6 is 0 Å². The van der Waals surface area contributed by atoms with Crippen molar-refractivity contribution >= 4 is 5.78 Å². The zero-order chi connectivity index (χ0) is 11.7. The van der Waals surface area contributed by atoms with Gasteiger partial charge in [-0.05, 0) is 6.42 Å². The summed E-state index contributed by atoms with van der Waals surface area (Å²) in [5, 5.41) is 0. The van der Waals surface area contributed by atoms with Crippen molar-refractivity contribution in [2.45, 2.75) is 25.3 Å². The highest BCUT2D eigenvalue weighted by Gasteiger charge is 2.23. The van der Waals surface area contributed by atoms with Crippen molar-refractivity contribution in [3.63, 3.8) is 0 Å². The number of benzene rings is 1. The van der Waals surface area contributed by atoms with Crippen molar-refractivity contribution in [1.29, 1.82) is 0 Å². The number of rotatable bonds is 2. The maximum Gasteiger partial charge on any atom is 0.135 e. The highest BCUT2D eigenvalue weighted by Crippen LogP contribution is 2.28. The quantitative estimate of drug-likeness (QED) is 0.789. The van der Waals surface area contributed by atoms with Gasteiger partial charge in [-0.15, -0.1) is 0 Å². The van der Waals surface area contributed by atoms with Crippen molar-refractivity contribution in [3.8, 4) is 11.3 Å². The molecule has 17 heavy (non-hydrogen) atoms. The minimum atomic E-state index is 0.312. The molecule has 1 fully saturated rings. The van der Waals surface area contributed by atoms with Crippen LogP contribution in [0.5, 0.6) is 0 Å². The van der Waals surface area contributed by atoms with Crippen LogP contribution in [0.15, 0.2) is 42.9 Å². The first-order valence-corrected chi connectivity index (χ1v) is 5.93. The van der Waals surface area contributed by atoms with Gasteiger partial charge in [-0.25, -0.2) is 4.98 Å². The second-order valence-corrected chi connectivity index (χ2v) is 4.51. The first-order valence-electron chi connectivity index (χ1n) is 5.93. The molecule has 0 aliphatic heterocycles. The fraction of sp³-hybridized carbons (Fsp3) is 0.286. The molecule has 0 spiro atoms. The van der Waals surface area contributed by atoms with Crippen LogP contribution in [-0.2, 0) is 4.79 Å². The van der Waals surface area contributed by atoms with Crippen molar-refractivity contribution in [3.05, 3.63) is 42.9 Å². The number of hydrogen-bond acceptors (Lipinski definition) is 2. The van der Waals surface area contributed by atoms with Crippen LogP contribution in [0.25, 0.3) is 11.3 Å². The Balaban J connectivity index is 1.86. The van der Waals surface area contributed by atoms with E-state index in [1.165, 1.54) is 0 Å². The van der Waals surface area contributed by atoms with E-state index in [9.17, 15) is 4.79 Å². The molecular weight excluding hydrogens is 212 g/mol. The average molecular weight is 226 g/mol. The lowest BCUT2D eigenvalue weighted by atomic mass is 10.2. The Morgan fingerprint density at radius 2 is 2.06 bits per heavy atom. The van der Waals surface area contributed by atoms with E-state index in [4.69, 9.17) is 0 Å². The molecule has 1 heterocycles. The Morgan fingerprint density at radius 3 is 2.76 bits per heavy atom. The van der Waals surface area contributed by atoms with Crippen molar-refractivity contribution < 1.29 is 4.79 Å². The molecule has 1 aliphatic carbocycles. The first kappa shape index (κ1) is 10.3. The summed E-state index contributed by atoms with van der Waals surface area (Å²) in [5.74, 6) is 0.366. The highest BCUT2D eigenvalue weighted by molar-refractivity contribution is 5.80. The molecule has 86 valence electrons. The molecule has 2 aromatic rings. The first-order chi connectivity index (χ1) is 8.33. The fourth-order valence-corrected chi connectivity index (χ4v) is 2.34. The lowest BCUT2D eigenvalue weighted by Gasteiger charge is -2.08. The molecule has 0 bridgehead atoms. The van der Waals surface area contributed by atoms with E-state index >= 15 is 0 Å². The zero-order valence-corrected chi connectivity index (χ0v) is 9.54. The second-order valence-electron chi connectivity index (χ2n) is 4.51. The number of ketones is 1. The summed E-state index contributed by atoms with van der Waals surface area (Å²) in [6.07, 6.45) is 6.20. The van der Waals surface area contributed by atoms with Crippen LogP contribution in [0.3, 0.4) is 0 Å². The summed E-state index contributed by atoms with van der Waals surface area (Å²) in [5.41, 5.74) is 2.10. The second kappa shape index (κ2) is 4.17. The number of carbonyl (C=O) groups is 1. The van der Waals surface area contributed by atoms with E-state index in [1.54, 1.807) is 0 Å². The normalized spacial score (nSPS) is 19.8. The van der Waals surface area contributed by atoms with Gasteiger partial charge in [-0.1, -0.05) is 30.3 Å². The van der Waals surface area contributed by atoms with Gasteiger partial charge < -0.3 is 4.57 Å². The number of imidazole rings is 1. The van der Waals surface area contributed by atoms with E-state index in [-0.39, 0.29) is 0 Å². The van der Waals surface area contributed by atoms with Gasteiger partial charge in [0.15, 0.2) is 0 Å². The lowest BCUT2D eigenvalue weighted by Crippen LogP contribution is -2.02. The van der Waals surface area contributed by atoms with Gasteiger partial charge in [0.05, 0.1) is 12.0 Å². The highest BCUT2D eigenvalue weighted by atomic mass is 16.1. The van der Waals surface area contributed by atoms with Gasteiger partial charge in [0.1, 0.15) is 5.78 Å². The Morgan fingerprint density at radius 1 is 1.24 bits per heavy atom. The SMILES string of the molecule is O=C1CCC(n2cnc(-c3ccccc3)c2)C1. The van der Waals surface area contributed by atoms with E-state index in [0.29, 0.717) is 24.7 Å². The maximum absolute atomic E-state index is 11.3. The summed E-state index contributed by atoms with van der Waals surface area (Å²) in [6.45, 7) is 0. The van der Waals surface area contributed by atoms with Gasteiger partial charge in [0.2, 0.25) is 0 Å². The molecular formula is C14H14N2O. The lowest BCUT2D eigenvalue weighted by molar-refractivity contribution is -0.117. The van der Waals surface area contributed by atoms with Crippen molar-refractivity contribution in [1.82, 2.24) is 9.55 Å². The van der Waals surface area contributed by atoms with Gasteiger partial charge >= 0.3 is 0 Å². The van der Waals surface area contributed by atoms with Crippen LogP contribution in [0, 0.1) is 0 Å². The largest absolute Gasteiger partial charge is 0.333 e. The number of hydrogen-bond donors (Lipinski definition) is 0. The summed E-state index contributed by atoms with van der Waals surface area (Å²) in [7, 11) is 0. The van der Waals surface area contributed by atoms with E-state index < -0.39 is 0 Å². The Bertz CT molecular complexity index is 530. The third kappa shape index (κ3) is 2.00. The Hall–Kier alpha value is -1.90. The molecule has 3 nitrogen and oxygen atoms in total. The zero-order valence-electron chi connectivity index (χ0n) is 9.54. The fourth-order valence-electron chi connectivity index (χ4n) is 2.34. The topological polar surface area (TPSA) is 34.9 Å². The third-order valence-electron chi connectivity index (χ3n) is 3.31. The predicted octanol–water partition coefficient (Wildman–Crippen LogP) is 2.84. The third-order valence-corrected chi connectivity index (χ3v) is 3.31. The Labute approximate surface area is 100 Å². The molecule has 1 unspecified atom stereocenters. The smallest absolute Gasteiger partial charge is 0.135 e. The van der Waals surface area contributed by atoms with Gasteiger partial charge in [0, 0.05) is 30.6 Å². The summed E-state index contributed by atoms with van der Waals surface area (Å²) >= 11 is 0. The molecule has 0 N–H and O–H groups in total. The van der Waals surface area contributed by atoms with Gasteiger partial charge in [-0.2, -0.15) is 0 Å². The summed E-state index contributed by atoms with van der Waals surface area (Å²) < 4.78 is 2.08. The van der Waals surface area contributed by atoms with E-state index in [1.807, 2.05) is 42.9 Å². The average Bonchev–Trinajstić information content (AvgIpc) is 2.98. The molecule has 1 saturated carbocycles. The maximum atomic E-state index is 11.3. The van der Waals surface area contributed by atoms with E-state index in [0.717, 1.165) is 17.7 Å². The molecule has 1 atom stereocenters. The van der Waals surface area contributed by atoms with Crippen molar-refractivity contribution in [2.24, 2.45) is 0 Å². The Kier molecular flexibility index (Phi) is 2.52. The van der Waals surface area contributed by atoms with Crippen LogP contribution in [-0.4, -0.2) is 15.3 Å². The monoisotopic (exact) mass is 226 g/mol. The van der Waals surface area contributed by atoms with E-state index in [2.05, 4.69) is 9.55 Å². The minimum Gasteiger partial charge on any atom is -0.333 e. The van der Waals surface area contributed by atoms with Crippen LogP contribution < -0.4 is 0 Å². The number of carbonyl (C=O) groups excluding carboxylic acids is 1. The molecule has 0 amide bonds. The standard InChI is InChI=1S/C14H14N2O/c17-13-7-6-12(8-13)16-9-14(15-10-16)11-4-2-1-3-5-11/h1-5,9-10,12H,6-8H2. The molecule has 1 aliphatic rings.